The van der Waals surface area contributed by atoms with Gasteiger partial charge in [0, 0.05) is 20.6 Å². The summed E-state index contributed by atoms with van der Waals surface area (Å²) >= 11 is 9.44. The average Bonchev–Trinajstić information content (AvgIpc) is 2.77. The monoisotopic (exact) mass is 517 g/mol. The lowest BCUT2D eigenvalue weighted by Gasteiger charge is -2.19. The molecule has 0 radical (unpaired) electrons. The average molecular weight is 519 g/mol. The van der Waals surface area contributed by atoms with Gasteiger partial charge in [0.15, 0.2) is 0 Å². The van der Waals surface area contributed by atoms with Crippen molar-refractivity contribution in [2.45, 2.75) is 20.5 Å². The second-order valence-electron chi connectivity index (χ2n) is 6.95. The highest BCUT2D eigenvalue weighted by Gasteiger charge is 2.29. The van der Waals surface area contributed by atoms with Crippen LogP contribution in [0, 0.1) is 13.8 Å². The predicted molar refractivity (Wildman–Crippen MR) is 125 cm³/mol. The molecule has 32 heavy (non-hydrogen) atoms. The standard InChI is InChI=1S/C24H21BrClNO5/c1-13-20(23(28)30-3)22(21(14(2)27-13)24(29)31-4)18-11-16(25)7-10-19(18)32-12-15-5-8-17(26)9-6-15/h5-11H,12H2,1-4H3. The Kier molecular flexibility index (Phi) is 7.53. The summed E-state index contributed by atoms with van der Waals surface area (Å²) in [6.45, 7) is 3.64. The summed E-state index contributed by atoms with van der Waals surface area (Å²) in [7, 11) is 2.56. The lowest BCUT2D eigenvalue weighted by atomic mass is 9.92. The third-order valence-corrected chi connectivity index (χ3v) is 5.60. The molecule has 166 valence electrons. The summed E-state index contributed by atoms with van der Waals surface area (Å²) in [6.07, 6.45) is 0. The molecular formula is C24H21BrClNO5. The smallest absolute Gasteiger partial charge is 0.340 e. The third-order valence-electron chi connectivity index (χ3n) is 4.86. The van der Waals surface area contributed by atoms with Crippen LogP contribution in [0.15, 0.2) is 46.9 Å². The van der Waals surface area contributed by atoms with Gasteiger partial charge in [0.2, 0.25) is 0 Å². The molecule has 3 rings (SSSR count). The zero-order valence-electron chi connectivity index (χ0n) is 18.0. The van der Waals surface area contributed by atoms with E-state index < -0.39 is 11.9 Å². The second kappa shape index (κ2) is 10.1. The van der Waals surface area contributed by atoms with E-state index in [1.807, 2.05) is 18.2 Å². The van der Waals surface area contributed by atoms with Gasteiger partial charge in [-0.2, -0.15) is 0 Å². The Hall–Kier alpha value is -2.90. The molecule has 0 atom stereocenters. The van der Waals surface area contributed by atoms with Crippen LogP contribution in [0.3, 0.4) is 0 Å². The van der Waals surface area contributed by atoms with Gasteiger partial charge in [-0.1, -0.05) is 39.7 Å². The predicted octanol–water partition coefficient (Wildman–Crippen LogP) is 5.93. The molecule has 0 aliphatic heterocycles. The van der Waals surface area contributed by atoms with Crippen molar-refractivity contribution in [2.75, 3.05) is 14.2 Å². The van der Waals surface area contributed by atoms with Crippen LogP contribution in [0.2, 0.25) is 5.02 Å². The molecule has 0 spiro atoms. The Morgan fingerprint density at radius 2 is 1.50 bits per heavy atom. The van der Waals surface area contributed by atoms with Gasteiger partial charge in [-0.15, -0.1) is 0 Å². The minimum absolute atomic E-state index is 0.174. The van der Waals surface area contributed by atoms with Crippen LogP contribution in [0.4, 0.5) is 0 Å². The summed E-state index contributed by atoms with van der Waals surface area (Å²) in [5.74, 6) is -0.749. The van der Waals surface area contributed by atoms with Crippen molar-refractivity contribution < 1.29 is 23.8 Å². The number of rotatable bonds is 6. The third kappa shape index (κ3) is 4.95. The molecule has 0 saturated heterocycles. The number of carbonyl (C=O) groups excluding carboxylic acids is 2. The molecular weight excluding hydrogens is 498 g/mol. The van der Waals surface area contributed by atoms with Gasteiger partial charge in [0.1, 0.15) is 12.4 Å². The van der Waals surface area contributed by atoms with Crippen molar-refractivity contribution in [3.8, 4) is 16.9 Å². The van der Waals surface area contributed by atoms with E-state index >= 15 is 0 Å². The minimum Gasteiger partial charge on any atom is -0.488 e. The van der Waals surface area contributed by atoms with Crippen molar-refractivity contribution >= 4 is 39.5 Å². The van der Waals surface area contributed by atoms with E-state index in [2.05, 4.69) is 20.9 Å². The largest absolute Gasteiger partial charge is 0.488 e. The normalized spacial score (nSPS) is 10.6. The van der Waals surface area contributed by atoms with E-state index in [1.165, 1.54) is 14.2 Å². The quantitative estimate of drug-likeness (QED) is 0.376. The fourth-order valence-corrected chi connectivity index (χ4v) is 3.88. The second-order valence-corrected chi connectivity index (χ2v) is 8.30. The van der Waals surface area contributed by atoms with Crippen molar-refractivity contribution in [1.82, 2.24) is 4.98 Å². The van der Waals surface area contributed by atoms with Gasteiger partial charge in [0.25, 0.3) is 0 Å². The fourth-order valence-electron chi connectivity index (χ4n) is 3.39. The lowest BCUT2D eigenvalue weighted by Crippen LogP contribution is -2.16. The molecule has 0 amide bonds. The molecule has 3 aromatic rings. The van der Waals surface area contributed by atoms with Crippen LogP contribution < -0.4 is 4.74 Å². The van der Waals surface area contributed by atoms with E-state index in [4.69, 9.17) is 25.8 Å². The summed E-state index contributed by atoms with van der Waals surface area (Å²) in [5.41, 5.74) is 3.00. The number of esters is 2. The Morgan fingerprint density at radius 3 is 2.03 bits per heavy atom. The summed E-state index contributed by atoms with van der Waals surface area (Å²) in [6, 6.07) is 12.7. The number of hydrogen-bond acceptors (Lipinski definition) is 6. The van der Waals surface area contributed by atoms with Gasteiger partial charge in [-0.25, -0.2) is 9.59 Å². The maximum Gasteiger partial charge on any atom is 0.340 e. The molecule has 0 fully saturated rings. The Morgan fingerprint density at radius 1 is 0.938 bits per heavy atom. The summed E-state index contributed by atoms with van der Waals surface area (Å²) in [5, 5.41) is 0.631. The molecule has 8 heteroatoms. The van der Waals surface area contributed by atoms with Crippen LogP contribution in [-0.2, 0) is 16.1 Å². The first-order chi connectivity index (χ1) is 15.3. The van der Waals surface area contributed by atoms with Crippen molar-refractivity contribution in [2.24, 2.45) is 0 Å². The van der Waals surface area contributed by atoms with Crippen LogP contribution >= 0.6 is 27.5 Å². The van der Waals surface area contributed by atoms with Crippen molar-refractivity contribution in [3.05, 3.63) is 80.0 Å². The molecule has 0 unspecified atom stereocenters. The zero-order valence-corrected chi connectivity index (χ0v) is 20.3. The highest BCUT2D eigenvalue weighted by atomic mass is 79.9. The van der Waals surface area contributed by atoms with Crippen LogP contribution in [-0.4, -0.2) is 31.1 Å². The van der Waals surface area contributed by atoms with E-state index in [-0.39, 0.29) is 17.7 Å². The van der Waals surface area contributed by atoms with E-state index in [1.54, 1.807) is 38.1 Å². The van der Waals surface area contributed by atoms with Crippen molar-refractivity contribution in [3.63, 3.8) is 0 Å². The van der Waals surface area contributed by atoms with Crippen molar-refractivity contribution in [1.29, 1.82) is 0 Å². The Labute approximate surface area is 199 Å². The number of pyridine rings is 1. The van der Waals surface area contributed by atoms with Crippen LogP contribution in [0.25, 0.3) is 11.1 Å². The topological polar surface area (TPSA) is 74.7 Å². The first-order valence-corrected chi connectivity index (χ1v) is 10.8. The van der Waals surface area contributed by atoms with Gasteiger partial charge in [-0.05, 0) is 49.7 Å². The molecule has 0 bridgehead atoms. The minimum atomic E-state index is -0.612. The highest BCUT2D eigenvalue weighted by Crippen LogP contribution is 2.39. The summed E-state index contributed by atoms with van der Waals surface area (Å²) < 4.78 is 16.8. The maximum atomic E-state index is 12.7. The number of benzene rings is 2. The molecule has 0 aliphatic rings. The number of nitrogens with zero attached hydrogens (tertiary/aromatic N) is 1. The molecule has 1 aromatic heterocycles. The lowest BCUT2D eigenvalue weighted by molar-refractivity contribution is 0.0599. The molecule has 0 saturated carbocycles. The molecule has 1 heterocycles. The van der Waals surface area contributed by atoms with Crippen LogP contribution in [0.5, 0.6) is 5.75 Å². The van der Waals surface area contributed by atoms with Gasteiger partial charge in [-0.3, -0.25) is 4.98 Å². The number of halogens is 2. The van der Waals surface area contributed by atoms with Gasteiger partial charge >= 0.3 is 11.9 Å². The maximum absolute atomic E-state index is 12.7. The zero-order chi connectivity index (χ0) is 23.4. The summed E-state index contributed by atoms with van der Waals surface area (Å²) in [4.78, 5) is 29.8. The number of methoxy groups -OCH3 is 2. The van der Waals surface area contributed by atoms with Gasteiger partial charge < -0.3 is 14.2 Å². The first kappa shape index (κ1) is 23.8. The Balaban J connectivity index is 2.23. The Bertz CT molecular complexity index is 1140. The van der Waals surface area contributed by atoms with Gasteiger partial charge in [0.05, 0.1) is 36.7 Å². The fraction of sp³-hybridized carbons (Fsp3) is 0.208. The first-order valence-electron chi connectivity index (χ1n) is 9.61. The molecule has 0 N–H and O–H groups in total. The van der Waals surface area contributed by atoms with E-state index in [0.29, 0.717) is 33.3 Å². The van der Waals surface area contributed by atoms with E-state index in [0.717, 1.165) is 10.0 Å². The SMILES string of the molecule is COC(=O)c1c(C)nc(C)c(C(=O)OC)c1-c1cc(Br)ccc1OCc1ccc(Cl)cc1. The number of hydrogen-bond donors (Lipinski definition) is 0. The van der Waals surface area contributed by atoms with Crippen LogP contribution in [0.1, 0.15) is 37.7 Å². The highest BCUT2D eigenvalue weighted by molar-refractivity contribution is 9.10. The van der Waals surface area contributed by atoms with E-state index in [9.17, 15) is 9.59 Å². The number of aromatic nitrogens is 1. The molecule has 2 aromatic carbocycles. The molecule has 0 aliphatic carbocycles. The number of carbonyl (C=O) groups is 2. The molecule has 6 nitrogen and oxygen atoms in total. The number of aryl methyl sites for hydroxylation is 2. The number of ether oxygens (including phenoxy) is 3.